The first-order valence-corrected chi connectivity index (χ1v) is 5.56. The Labute approximate surface area is 97.6 Å². The Morgan fingerprint density at radius 3 is 3.00 bits per heavy atom. The molecule has 0 saturated heterocycles. The fraction of sp³-hybridized carbons (Fsp3) is 0.231. The average Bonchev–Trinajstić information content (AvgIpc) is 2.34. The lowest BCUT2D eigenvalue weighted by Gasteiger charge is -2.20. The summed E-state index contributed by atoms with van der Waals surface area (Å²) >= 11 is 0. The molecule has 3 rings (SSSR count). The molecule has 0 fully saturated rings. The number of nitrogens with zero attached hydrogens (tertiary/aromatic N) is 1. The molecule has 4 nitrogen and oxygen atoms in total. The third-order valence-corrected chi connectivity index (χ3v) is 3.30. The van der Waals surface area contributed by atoms with Gasteiger partial charge in [-0.3, -0.25) is 14.3 Å². The van der Waals surface area contributed by atoms with Gasteiger partial charge >= 0.3 is 5.69 Å². The Bertz CT molecular complexity index is 699. The lowest BCUT2D eigenvalue weighted by atomic mass is 9.88. The van der Waals surface area contributed by atoms with E-state index in [0.29, 0.717) is 12.0 Å². The van der Waals surface area contributed by atoms with Crippen LogP contribution in [0.3, 0.4) is 0 Å². The molecule has 1 aromatic heterocycles. The fourth-order valence-corrected chi connectivity index (χ4v) is 2.32. The SMILES string of the molecule is Cn1c2c(c(=O)[nH]c1=O)CC1=CCC=CC1=C2. The molecule has 2 aliphatic carbocycles. The van der Waals surface area contributed by atoms with Gasteiger partial charge in [-0.1, -0.05) is 18.2 Å². The summed E-state index contributed by atoms with van der Waals surface area (Å²) in [5.74, 6) is 0. The summed E-state index contributed by atoms with van der Waals surface area (Å²) in [6.45, 7) is 0. The molecule has 2 aliphatic rings. The zero-order valence-corrected chi connectivity index (χ0v) is 9.49. The van der Waals surface area contributed by atoms with Crippen LogP contribution in [0.15, 0.2) is 39.0 Å². The lowest BCUT2D eigenvalue weighted by Crippen LogP contribution is -2.34. The van der Waals surface area contributed by atoms with E-state index in [1.807, 2.05) is 12.2 Å². The minimum atomic E-state index is -0.363. The molecule has 0 atom stereocenters. The average molecular weight is 228 g/mol. The van der Waals surface area contributed by atoms with Crippen molar-refractivity contribution in [3.05, 3.63) is 61.5 Å². The summed E-state index contributed by atoms with van der Waals surface area (Å²) in [6.07, 6.45) is 9.67. The molecule has 1 heterocycles. The van der Waals surface area contributed by atoms with Crippen LogP contribution in [0.5, 0.6) is 0 Å². The standard InChI is InChI=1S/C13H12N2O2/c1-15-11-7-9-5-3-2-4-8(9)6-10(11)12(16)14-13(15)17/h3-5,7H,2,6H2,1H3,(H,14,16,17). The second-order valence-electron chi connectivity index (χ2n) is 4.33. The Morgan fingerprint density at radius 1 is 1.35 bits per heavy atom. The van der Waals surface area contributed by atoms with Crippen molar-refractivity contribution in [1.82, 2.24) is 9.55 Å². The molecule has 0 bridgehead atoms. The third kappa shape index (κ3) is 1.45. The predicted molar refractivity (Wildman–Crippen MR) is 65.8 cm³/mol. The summed E-state index contributed by atoms with van der Waals surface area (Å²) in [5, 5.41) is 0. The maximum atomic E-state index is 11.8. The van der Waals surface area contributed by atoms with Crippen LogP contribution in [0.4, 0.5) is 0 Å². The van der Waals surface area contributed by atoms with Crippen LogP contribution in [0.25, 0.3) is 6.08 Å². The van der Waals surface area contributed by atoms with Crippen molar-refractivity contribution in [2.24, 2.45) is 7.05 Å². The van der Waals surface area contributed by atoms with Crippen molar-refractivity contribution in [3.8, 4) is 0 Å². The van der Waals surface area contributed by atoms with Crippen molar-refractivity contribution in [3.63, 3.8) is 0 Å². The van der Waals surface area contributed by atoms with E-state index >= 15 is 0 Å². The fourth-order valence-electron chi connectivity index (χ4n) is 2.32. The number of aromatic nitrogens is 2. The van der Waals surface area contributed by atoms with Gasteiger partial charge in [-0.25, -0.2) is 4.79 Å². The van der Waals surface area contributed by atoms with Crippen molar-refractivity contribution in [2.45, 2.75) is 12.8 Å². The molecular weight excluding hydrogens is 216 g/mol. The summed E-state index contributed by atoms with van der Waals surface area (Å²) < 4.78 is 1.49. The first-order chi connectivity index (χ1) is 8.16. The molecule has 0 radical (unpaired) electrons. The van der Waals surface area contributed by atoms with Crippen LogP contribution < -0.4 is 11.2 Å². The maximum absolute atomic E-state index is 11.8. The molecular formula is C13H12N2O2. The van der Waals surface area contributed by atoms with Crippen LogP contribution >= 0.6 is 0 Å². The van der Waals surface area contributed by atoms with E-state index in [1.165, 1.54) is 10.1 Å². The largest absolute Gasteiger partial charge is 0.328 e. The molecule has 0 spiro atoms. The van der Waals surface area contributed by atoms with Gasteiger partial charge in [0.25, 0.3) is 5.56 Å². The van der Waals surface area contributed by atoms with E-state index < -0.39 is 0 Å². The lowest BCUT2D eigenvalue weighted by molar-refractivity contribution is 0.765. The number of hydrogen-bond donors (Lipinski definition) is 1. The van der Waals surface area contributed by atoms with Crippen molar-refractivity contribution in [2.75, 3.05) is 0 Å². The van der Waals surface area contributed by atoms with E-state index in [2.05, 4.69) is 17.1 Å². The van der Waals surface area contributed by atoms with E-state index in [1.54, 1.807) is 7.05 Å². The molecule has 1 N–H and O–H groups in total. The monoisotopic (exact) mass is 228 g/mol. The summed E-state index contributed by atoms with van der Waals surface area (Å²) in [6, 6.07) is 0. The van der Waals surface area contributed by atoms with E-state index in [4.69, 9.17) is 0 Å². The van der Waals surface area contributed by atoms with E-state index in [-0.39, 0.29) is 11.2 Å². The molecule has 0 unspecified atom stereocenters. The minimum Gasteiger partial charge on any atom is -0.297 e. The van der Waals surface area contributed by atoms with E-state index in [0.717, 1.165) is 17.7 Å². The molecule has 1 aromatic rings. The normalized spacial score (nSPS) is 17.0. The first kappa shape index (κ1) is 10.1. The van der Waals surface area contributed by atoms with Crippen molar-refractivity contribution < 1.29 is 0 Å². The van der Waals surface area contributed by atoms with Gasteiger partial charge < -0.3 is 0 Å². The maximum Gasteiger partial charge on any atom is 0.328 e. The number of hydrogen-bond acceptors (Lipinski definition) is 2. The zero-order chi connectivity index (χ0) is 12.0. The molecule has 86 valence electrons. The van der Waals surface area contributed by atoms with Crippen LogP contribution in [0.1, 0.15) is 17.7 Å². The highest BCUT2D eigenvalue weighted by molar-refractivity contribution is 5.68. The van der Waals surface area contributed by atoms with E-state index in [9.17, 15) is 9.59 Å². The van der Waals surface area contributed by atoms with Gasteiger partial charge in [-0.05, 0) is 23.6 Å². The molecule has 17 heavy (non-hydrogen) atoms. The Morgan fingerprint density at radius 2 is 2.18 bits per heavy atom. The highest BCUT2D eigenvalue weighted by Crippen LogP contribution is 2.28. The van der Waals surface area contributed by atoms with Crippen LogP contribution in [-0.4, -0.2) is 9.55 Å². The Balaban J connectivity index is 2.34. The van der Waals surface area contributed by atoms with Gasteiger partial charge in [-0.2, -0.15) is 0 Å². The van der Waals surface area contributed by atoms with Gasteiger partial charge in [0.1, 0.15) is 0 Å². The van der Waals surface area contributed by atoms with Gasteiger partial charge in [0.2, 0.25) is 0 Å². The number of fused-ring (bicyclic) bond motifs is 2. The summed E-state index contributed by atoms with van der Waals surface area (Å²) in [4.78, 5) is 25.6. The van der Waals surface area contributed by atoms with Gasteiger partial charge in [0, 0.05) is 19.0 Å². The smallest absolute Gasteiger partial charge is 0.297 e. The van der Waals surface area contributed by atoms with Crippen molar-refractivity contribution >= 4 is 6.08 Å². The Kier molecular flexibility index (Phi) is 2.04. The second-order valence-corrected chi connectivity index (χ2v) is 4.33. The molecule has 0 aromatic carbocycles. The number of H-pyrrole nitrogens is 1. The molecule has 0 amide bonds. The number of aromatic amines is 1. The van der Waals surface area contributed by atoms with Crippen LogP contribution in [0.2, 0.25) is 0 Å². The Hall–Kier alpha value is -2.10. The van der Waals surface area contributed by atoms with Crippen LogP contribution in [-0.2, 0) is 13.5 Å². The van der Waals surface area contributed by atoms with Crippen LogP contribution in [0, 0.1) is 0 Å². The van der Waals surface area contributed by atoms with Gasteiger partial charge in [-0.15, -0.1) is 0 Å². The number of rotatable bonds is 0. The van der Waals surface area contributed by atoms with Crippen molar-refractivity contribution in [1.29, 1.82) is 0 Å². The molecule has 4 heteroatoms. The summed E-state index contributed by atoms with van der Waals surface area (Å²) in [5.41, 5.74) is 3.04. The molecule has 0 saturated carbocycles. The minimum absolute atomic E-state index is 0.270. The summed E-state index contributed by atoms with van der Waals surface area (Å²) in [7, 11) is 1.68. The van der Waals surface area contributed by atoms with Gasteiger partial charge in [0.15, 0.2) is 0 Å². The topological polar surface area (TPSA) is 54.9 Å². The highest BCUT2D eigenvalue weighted by Gasteiger charge is 2.20. The van der Waals surface area contributed by atoms with Gasteiger partial charge in [0.05, 0.1) is 5.69 Å². The first-order valence-electron chi connectivity index (χ1n) is 5.56. The predicted octanol–water partition coefficient (Wildman–Crippen LogP) is 0.899. The molecule has 0 aliphatic heterocycles. The quantitative estimate of drug-likeness (QED) is 0.717. The highest BCUT2D eigenvalue weighted by atomic mass is 16.2. The third-order valence-electron chi connectivity index (χ3n) is 3.30. The number of allylic oxidation sites excluding steroid dienone is 5. The second kappa shape index (κ2) is 3.45. The zero-order valence-electron chi connectivity index (χ0n) is 9.49. The number of nitrogens with one attached hydrogen (secondary N) is 1.